The monoisotopic (exact) mass is 272 g/mol. The third-order valence-electron chi connectivity index (χ3n) is 3.17. The van der Waals surface area contributed by atoms with E-state index in [2.05, 4.69) is 4.98 Å². The van der Waals surface area contributed by atoms with Crippen LogP contribution in [-0.2, 0) is 6.42 Å². The van der Waals surface area contributed by atoms with Crippen LogP contribution >= 0.6 is 11.6 Å². The fraction of sp³-hybridized carbons (Fsp3) is 0.462. The number of nitrogens with zero attached hydrogens (tertiary/aromatic N) is 2. The summed E-state index contributed by atoms with van der Waals surface area (Å²) < 4.78 is 29.0. The molecule has 1 aromatic carbocycles. The smallest absolute Gasteiger partial charge is 0.184 e. The van der Waals surface area contributed by atoms with Crippen LogP contribution in [0, 0.1) is 11.6 Å². The Labute approximate surface area is 110 Å². The summed E-state index contributed by atoms with van der Waals surface area (Å²) in [5.41, 5.74) is 0.721. The predicted molar refractivity (Wildman–Crippen MR) is 69.1 cm³/mol. The van der Waals surface area contributed by atoms with Crippen LogP contribution in [0.25, 0.3) is 11.0 Å². The van der Waals surface area contributed by atoms with Gasteiger partial charge < -0.3 is 4.57 Å². The molecular weight excluding hydrogens is 258 g/mol. The van der Waals surface area contributed by atoms with Gasteiger partial charge in [0.05, 0.1) is 5.52 Å². The van der Waals surface area contributed by atoms with Crippen molar-refractivity contribution in [2.75, 3.05) is 5.88 Å². The second-order valence-electron chi connectivity index (χ2n) is 4.32. The van der Waals surface area contributed by atoms with Crippen LogP contribution < -0.4 is 0 Å². The van der Waals surface area contributed by atoms with Gasteiger partial charge in [0.25, 0.3) is 0 Å². The normalized spacial score (nSPS) is 13.2. The van der Waals surface area contributed by atoms with Gasteiger partial charge >= 0.3 is 0 Å². The molecule has 1 aromatic heterocycles. The lowest BCUT2D eigenvalue weighted by atomic mass is 10.2. The highest BCUT2D eigenvalue weighted by Crippen LogP contribution is 2.27. The molecule has 2 aromatic rings. The molecule has 1 heterocycles. The van der Waals surface area contributed by atoms with Gasteiger partial charge in [0.1, 0.15) is 11.3 Å². The van der Waals surface area contributed by atoms with Crippen LogP contribution in [0.1, 0.15) is 32.1 Å². The van der Waals surface area contributed by atoms with E-state index in [9.17, 15) is 8.78 Å². The van der Waals surface area contributed by atoms with Gasteiger partial charge in [-0.1, -0.05) is 6.92 Å². The molecule has 0 bridgehead atoms. The molecule has 0 spiro atoms. The number of halogens is 3. The third kappa shape index (κ3) is 2.09. The minimum atomic E-state index is -0.843. The lowest BCUT2D eigenvalue weighted by molar-refractivity contribution is 0.489. The summed E-state index contributed by atoms with van der Waals surface area (Å²) >= 11 is 5.73. The highest BCUT2D eigenvalue weighted by Gasteiger charge is 2.19. The van der Waals surface area contributed by atoms with Gasteiger partial charge in [0.15, 0.2) is 11.6 Å². The van der Waals surface area contributed by atoms with Crippen LogP contribution in [0.3, 0.4) is 0 Å². The van der Waals surface area contributed by atoms with Gasteiger partial charge in [-0.3, -0.25) is 0 Å². The zero-order valence-electron chi connectivity index (χ0n) is 10.4. The fourth-order valence-electron chi connectivity index (χ4n) is 2.09. The zero-order valence-corrected chi connectivity index (χ0v) is 11.1. The van der Waals surface area contributed by atoms with Crippen LogP contribution in [-0.4, -0.2) is 15.4 Å². The van der Waals surface area contributed by atoms with Crippen LogP contribution in [0.4, 0.5) is 8.78 Å². The first-order valence-corrected chi connectivity index (χ1v) is 6.54. The highest BCUT2D eigenvalue weighted by molar-refractivity contribution is 6.17. The van der Waals surface area contributed by atoms with Crippen molar-refractivity contribution in [2.24, 2.45) is 0 Å². The molecule has 2 nitrogen and oxygen atoms in total. The Kier molecular flexibility index (Phi) is 3.85. The van der Waals surface area contributed by atoms with Crippen molar-refractivity contribution in [3.63, 3.8) is 0 Å². The molecule has 5 heteroatoms. The Balaban J connectivity index is 2.74. The van der Waals surface area contributed by atoms with E-state index in [1.165, 1.54) is 6.07 Å². The largest absolute Gasteiger partial charge is 0.323 e. The van der Waals surface area contributed by atoms with Crippen molar-refractivity contribution < 1.29 is 8.78 Å². The minimum absolute atomic E-state index is 0.0597. The highest BCUT2D eigenvalue weighted by atomic mass is 35.5. The molecule has 0 saturated heterocycles. The van der Waals surface area contributed by atoms with Gasteiger partial charge in [0.2, 0.25) is 0 Å². The van der Waals surface area contributed by atoms with Crippen molar-refractivity contribution >= 4 is 22.6 Å². The number of hydrogen-bond donors (Lipinski definition) is 0. The molecule has 98 valence electrons. The molecule has 0 saturated carbocycles. The first kappa shape index (κ1) is 13.3. The van der Waals surface area contributed by atoms with E-state index in [1.54, 1.807) is 4.57 Å². The first-order chi connectivity index (χ1) is 8.60. The molecule has 0 aliphatic rings. The van der Waals surface area contributed by atoms with Crippen molar-refractivity contribution in [1.82, 2.24) is 9.55 Å². The Morgan fingerprint density at radius 1 is 1.39 bits per heavy atom. The maximum atomic E-state index is 13.9. The standard InChI is InChI=1S/C13H15ClF2N2/c1-3-8(2)18-11(6-7-14)17-10-5-4-9(15)12(16)13(10)18/h4-5,8H,3,6-7H2,1-2H3. The number of hydrogen-bond acceptors (Lipinski definition) is 1. The lowest BCUT2D eigenvalue weighted by Gasteiger charge is -2.15. The van der Waals surface area contributed by atoms with E-state index in [0.29, 0.717) is 23.6 Å². The molecule has 0 aliphatic heterocycles. The molecule has 2 rings (SSSR count). The van der Waals surface area contributed by atoms with E-state index < -0.39 is 11.6 Å². The van der Waals surface area contributed by atoms with Crippen molar-refractivity contribution in [3.05, 3.63) is 29.6 Å². The van der Waals surface area contributed by atoms with Crippen molar-refractivity contribution in [3.8, 4) is 0 Å². The summed E-state index contributed by atoms with van der Waals surface area (Å²) in [5.74, 6) is -0.562. The summed E-state index contributed by atoms with van der Waals surface area (Å²) in [5, 5.41) is 0. The van der Waals surface area contributed by atoms with Crippen LogP contribution in [0.15, 0.2) is 12.1 Å². The fourth-order valence-corrected chi connectivity index (χ4v) is 2.26. The topological polar surface area (TPSA) is 17.8 Å². The van der Waals surface area contributed by atoms with E-state index >= 15 is 0 Å². The molecule has 18 heavy (non-hydrogen) atoms. The van der Waals surface area contributed by atoms with Gasteiger partial charge in [-0.25, -0.2) is 13.8 Å². The Bertz CT molecular complexity index is 566. The van der Waals surface area contributed by atoms with Gasteiger partial charge in [-0.2, -0.15) is 0 Å². The van der Waals surface area contributed by atoms with Gasteiger partial charge in [-0.15, -0.1) is 11.6 Å². The third-order valence-corrected chi connectivity index (χ3v) is 3.35. The Morgan fingerprint density at radius 3 is 2.72 bits per heavy atom. The second kappa shape index (κ2) is 5.22. The first-order valence-electron chi connectivity index (χ1n) is 6.00. The van der Waals surface area contributed by atoms with Crippen molar-refractivity contribution in [1.29, 1.82) is 0 Å². The van der Waals surface area contributed by atoms with E-state index in [0.717, 1.165) is 12.5 Å². The van der Waals surface area contributed by atoms with Gasteiger partial charge in [0, 0.05) is 18.3 Å². The lowest BCUT2D eigenvalue weighted by Crippen LogP contribution is -2.10. The average Bonchev–Trinajstić information content (AvgIpc) is 2.72. The number of alkyl halides is 1. The average molecular weight is 273 g/mol. The number of aromatic nitrogens is 2. The summed E-state index contributed by atoms with van der Waals surface area (Å²) in [4.78, 5) is 4.35. The minimum Gasteiger partial charge on any atom is -0.323 e. The maximum Gasteiger partial charge on any atom is 0.184 e. The number of fused-ring (bicyclic) bond motifs is 1. The number of rotatable bonds is 4. The molecule has 0 radical (unpaired) electrons. The van der Waals surface area contributed by atoms with Crippen molar-refractivity contribution in [2.45, 2.75) is 32.7 Å². The SMILES string of the molecule is CCC(C)n1c(CCCl)nc2ccc(F)c(F)c21. The number of imidazole rings is 1. The maximum absolute atomic E-state index is 13.9. The molecule has 0 N–H and O–H groups in total. The molecule has 1 unspecified atom stereocenters. The zero-order chi connectivity index (χ0) is 13.3. The van der Waals surface area contributed by atoms with E-state index in [-0.39, 0.29) is 11.6 Å². The second-order valence-corrected chi connectivity index (χ2v) is 4.70. The van der Waals surface area contributed by atoms with E-state index in [4.69, 9.17) is 11.6 Å². The summed E-state index contributed by atoms with van der Waals surface area (Å²) in [6, 6.07) is 2.67. The summed E-state index contributed by atoms with van der Waals surface area (Å²) in [6.07, 6.45) is 1.36. The Hall–Kier alpha value is -1.16. The Morgan fingerprint density at radius 2 is 2.11 bits per heavy atom. The molecule has 0 amide bonds. The molecule has 0 aliphatic carbocycles. The van der Waals surface area contributed by atoms with Gasteiger partial charge in [-0.05, 0) is 25.5 Å². The van der Waals surface area contributed by atoms with Crippen LogP contribution in [0.2, 0.25) is 0 Å². The van der Waals surface area contributed by atoms with Crippen LogP contribution in [0.5, 0.6) is 0 Å². The number of benzene rings is 1. The van der Waals surface area contributed by atoms with E-state index in [1.807, 2.05) is 13.8 Å². The quantitative estimate of drug-likeness (QED) is 0.767. The molecule has 1 atom stereocenters. The summed E-state index contributed by atoms with van der Waals surface area (Å²) in [7, 11) is 0. The number of aryl methyl sites for hydroxylation is 1. The predicted octanol–water partition coefficient (Wildman–Crippen LogP) is 4.07. The molecule has 0 fully saturated rings. The summed E-state index contributed by atoms with van der Waals surface area (Å²) in [6.45, 7) is 3.96. The molecular formula is C13H15ClF2N2.